The van der Waals surface area contributed by atoms with E-state index in [9.17, 15) is 9.59 Å². The first-order chi connectivity index (χ1) is 18.4. The van der Waals surface area contributed by atoms with Gasteiger partial charge in [0, 0.05) is 36.3 Å². The fourth-order valence-corrected chi connectivity index (χ4v) is 5.56. The standard InChI is InChI=1S/C31H37N3O4/c1-4-37-25-16-17-26-27(18-25)34(24-6-5-7-24)29(28(26)30(35)33(3)23-14-15-23)21-10-12-22(13-11-21)32-31(36)38-19(2)20-8-9-20/h10-13,16-20,23-24H,4-9,14-15H2,1-3H3,(H,32,36). The van der Waals surface area contributed by atoms with Crippen LogP contribution in [0.3, 0.4) is 0 Å². The van der Waals surface area contributed by atoms with Crippen molar-refractivity contribution in [3.63, 3.8) is 0 Å². The van der Waals surface area contributed by atoms with E-state index in [1.807, 2.05) is 62.2 Å². The lowest BCUT2D eigenvalue weighted by molar-refractivity contribution is 0.0787. The number of hydrogen-bond donors (Lipinski definition) is 1. The molecular formula is C31H37N3O4. The summed E-state index contributed by atoms with van der Waals surface area (Å²) in [5.41, 5.74) is 4.39. The average Bonchev–Trinajstić information content (AvgIpc) is 3.79. The van der Waals surface area contributed by atoms with Crippen molar-refractivity contribution in [3.05, 3.63) is 48.0 Å². The molecule has 0 saturated heterocycles. The van der Waals surface area contributed by atoms with Crippen molar-refractivity contribution < 1.29 is 19.1 Å². The van der Waals surface area contributed by atoms with E-state index < -0.39 is 6.09 Å². The molecule has 1 N–H and O–H groups in total. The number of carbonyl (C=O) groups excluding carboxylic acids is 2. The van der Waals surface area contributed by atoms with Gasteiger partial charge in [-0.3, -0.25) is 10.1 Å². The van der Waals surface area contributed by atoms with Crippen molar-refractivity contribution >= 4 is 28.6 Å². The number of benzene rings is 2. The van der Waals surface area contributed by atoms with Gasteiger partial charge in [-0.05, 0) is 94.5 Å². The highest BCUT2D eigenvalue weighted by molar-refractivity contribution is 6.13. The minimum absolute atomic E-state index is 0.0638. The molecule has 2 amide bonds. The van der Waals surface area contributed by atoms with Crippen LogP contribution >= 0.6 is 0 Å². The van der Waals surface area contributed by atoms with Gasteiger partial charge in [0.2, 0.25) is 0 Å². The molecule has 7 heteroatoms. The van der Waals surface area contributed by atoms with E-state index in [1.54, 1.807) is 0 Å². The maximum absolute atomic E-state index is 14.0. The molecule has 6 rings (SSSR count). The Morgan fingerprint density at radius 3 is 2.39 bits per heavy atom. The lowest BCUT2D eigenvalue weighted by Crippen LogP contribution is -2.29. The van der Waals surface area contributed by atoms with Gasteiger partial charge in [-0.25, -0.2) is 4.79 Å². The number of anilines is 1. The molecule has 1 atom stereocenters. The van der Waals surface area contributed by atoms with Gasteiger partial charge in [0.25, 0.3) is 5.91 Å². The van der Waals surface area contributed by atoms with Crippen molar-refractivity contribution in [2.45, 2.75) is 77.0 Å². The van der Waals surface area contributed by atoms with Crippen LogP contribution in [0.4, 0.5) is 10.5 Å². The number of rotatable bonds is 9. The molecule has 0 radical (unpaired) electrons. The Morgan fingerprint density at radius 2 is 1.79 bits per heavy atom. The first kappa shape index (κ1) is 24.8. The minimum atomic E-state index is -0.425. The van der Waals surface area contributed by atoms with Gasteiger partial charge in [0.1, 0.15) is 11.9 Å². The summed E-state index contributed by atoms with van der Waals surface area (Å²) in [5.74, 6) is 1.37. The third-order valence-corrected chi connectivity index (χ3v) is 8.34. The van der Waals surface area contributed by atoms with Crippen molar-refractivity contribution in [3.8, 4) is 17.0 Å². The van der Waals surface area contributed by atoms with Crippen molar-refractivity contribution in [2.75, 3.05) is 19.0 Å². The predicted molar refractivity (Wildman–Crippen MR) is 149 cm³/mol. The SMILES string of the molecule is CCOc1ccc2c(C(=O)N(C)C3CC3)c(-c3ccc(NC(=O)OC(C)C4CC4)cc3)n(C3CCC3)c2c1. The van der Waals surface area contributed by atoms with Crippen LogP contribution in [0.5, 0.6) is 5.75 Å². The van der Waals surface area contributed by atoms with E-state index in [1.165, 1.54) is 6.42 Å². The van der Waals surface area contributed by atoms with Gasteiger partial charge in [0.05, 0.1) is 23.4 Å². The second kappa shape index (κ2) is 10.0. The number of amides is 2. The molecule has 1 unspecified atom stereocenters. The Balaban J connectivity index is 1.40. The molecule has 38 heavy (non-hydrogen) atoms. The molecule has 3 saturated carbocycles. The van der Waals surface area contributed by atoms with E-state index >= 15 is 0 Å². The highest BCUT2D eigenvalue weighted by Crippen LogP contribution is 2.44. The molecule has 1 aromatic heterocycles. The van der Waals surface area contributed by atoms with Crippen LogP contribution in [0, 0.1) is 5.92 Å². The smallest absolute Gasteiger partial charge is 0.411 e. The summed E-state index contributed by atoms with van der Waals surface area (Å²) in [6.07, 6.45) is 7.25. The first-order valence-corrected chi connectivity index (χ1v) is 14.1. The van der Waals surface area contributed by atoms with E-state index in [2.05, 4.69) is 16.0 Å². The first-order valence-electron chi connectivity index (χ1n) is 14.1. The maximum Gasteiger partial charge on any atom is 0.411 e. The molecule has 3 fully saturated rings. The monoisotopic (exact) mass is 515 g/mol. The third-order valence-electron chi connectivity index (χ3n) is 8.34. The van der Waals surface area contributed by atoms with E-state index in [0.29, 0.717) is 30.3 Å². The number of carbonyl (C=O) groups is 2. The number of nitrogens with one attached hydrogen (secondary N) is 1. The topological polar surface area (TPSA) is 72.8 Å². The Kier molecular flexibility index (Phi) is 6.54. The Labute approximate surface area is 224 Å². The second-order valence-electron chi connectivity index (χ2n) is 11.1. The second-order valence-corrected chi connectivity index (χ2v) is 11.1. The Bertz CT molecular complexity index is 1350. The summed E-state index contributed by atoms with van der Waals surface area (Å²) in [7, 11) is 1.92. The zero-order valence-corrected chi connectivity index (χ0v) is 22.5. The summed E-state index contributed by atoms with van der Waals surface area (Å²) in [6.45, 7) is 4.53. The Morgan fingerprint density at radius 1 is 1.05 bits per heavy atom. The third kappa shape index (κ3) is 4.74. The largest absolute Gasteiger partial charge is 0.494 e. The van der Waals surface area contributed by atoms with Gasteiger partial charge in [0.15, 0.2) is 0 Å². The van der Waals surface area contributed by atoms with Crippen LogP contribution in [-0.2, 0) is 4.74 Å². The van der Waals surface area contributed by atoms with Crippen molar-refractivity contribution in [1.29, 1.82) is 0 Å². The maximum atomic E-state index is 14.0. The van der Waals surface area contributed by atoms with Gasteiger partial charge < -0.3 is 18.9 Å². The van der Waals surface area contributed by atoms with Crippen molar-refractivity contribution in [2.24, 2.45) is 5.92 Å². The van der Waals surface area contributed by atoms with Crippen LogP contribution in [0.1, 0.15) is 75.2 Å². The number of hydrogen-bond acceptors (Lipinski definition) is 4. The molecule has 0 aliphatic heterocycles. The molecular weight excluding hydrogens is 478 g/mol. The highest BCUT2D eigenvalue weighted by atomic mass is 16.6. The molecule has 2 aromatic carbocycles. The lowest BCUT2D eigenvalue weighted by atomic mass is 9.92. The molecule has 200 valence electrons. The normalized spacial score (nSPS) is 18.1. The van der Waals surface area contributed by atoms with Crippen LogP contribution in [0.2, 0.25) is 0 Å². The summed E-state index contributed by atoms with van der Waals surface area (Å²) < 4.78 is 13.7. The van der Waals surface area contributed by atoms with Crippen molar-refractivity contribution in [1.82, 2.24) is 9.47 Å². The van der Waals surface area contributed by atoms with Gasteiger partial charge in [-0.15, -0.1) is 0 Å². The van der Waals surface area contributed by atoms with Gasteiger partial charge in [-0.2, -0.15) is 0 Å². The summed E-state index contributed by atoms with van der Waals surface area (Å²) >= 11 is 0. The minimum Gasteiger partial charge on any atom is -0.494 e. The van der Waals surface area contributed by atoms with Crippen LogP contribution in [0.25, 0.3) is 22.2 Å². The summed E-state index contributed by atoms with van der Waals surface area (Å²) in [4.78, 5) is 28.3. The number of ether oxygens (including phenoxy) is 2. The van der Waals surface area contributed by atoms with Crippen LogP contribution < -0.4 is 10.1 Å². The summed E-state index contributed by atoms with van der Waals surface area (Å²) in [5, 5.41) is 3.83. The summed E-state index contributed by atoms with van der Waals surface area (Å²) in [6, 6.07) is 14.5. The van der Waals surface area contributed by atoms with Gasteiger partial charge >= 0.3 is 6.09 Å². The predicted octanol–water partition coefficient (Wildman–Crippen LogP) is 7.01. The number of nitrogens with zero attached hydrogens (tertiary/aromatic N) is 2. The Hall–Kier alpha value is -3.48. The molecule has 3 aliphatic carbocycles. The molecule has 1 heterocycles. The quantitative estimate of drug-likeness (QED) is 0.333. The fourth-order valence-electron chi connectivity index (χ4n) is 5.56. The van der Waals surface area contributed by atoms with E-state index in [0.717, 1.165) is 72.0 Å². The van der Waals surface area contributed by atoms with Crippen LogP contribution in [-0.4, -0.2) is 47.3 Å². The highest BCUT2D eigenvalue weighted by Gasteiger charge is 2.36. The fraction of sp³-hybridized carbons (Fsp3) is 0.484. The van der Waals surface area contributed by atoms with Gasteiger partial charge in [-0.1, -0.05) is 12.1 Å². The zero-order valence-electron chi connectivity index (χ0n) is 22.5. The molecule has 3 aliphatic rings. The van der Waals surface area contributed by atoms with E-state index in [-0.39, 0.29) is 12.0 Å². The molecule has 7 nitrogen and oxygen atoms in total. The number of aromatic nitrogens is 1. The molecule has 0 bridgehead atoms. The number of fused-ring (bicyclic) bond motifs is 1. The zero-order chi connectivity index (χ0) is 26.4. The molecule has 3 aromatic rings. The van der Waals surface area contributed by atoms with Crippen LogP contribution in [0.15, 0.2) is 42.5 Å². The molecule has 0 spiro atoms. The van der Waals surface area contributed by atoms with E-state index in [4.69, 9.17) is 9.47 Å². The average molecular weight is 516 g/mol. The lowest BCUT2D eigenvalue weighted by Gasteiger charge is -2.30.